The Morgan fingerprint density at radius 3 is 3.20 bits per heavy atom. The molecule has 0 aliphatic carbocycles. The maximum Gasteiger partial charge on any atom is 0.250 e. The fourth-order valence-electron chi connectivity index (χ4n) is 0.507. The summed E-state index contributed by atoms with van der Waals surface area (Å²) >= 11 is 1.17. The lowest BCUT2D eigenvalue weighted by Crippen LogP contribution is -2.21. The van der Waals surface area contributed by atoms with Crippen LogP contribution in [0.3, 0.4) is 0 Å². The van der Waals surface area contributed by atoms with Gasteiger partial charge in [0, 0.05) is 12.1 Å². The molecule has 1 unspecified atom stereocenters. The van der Waals surface area contributed by atoms with Crippen LogP contribution in [-0.2, 0) is 13.9 Å². The number of hydrogen-bond acceptors (Lipinski definition) is 5. The van der Waals surface area contributed by atoms with Gasteiger partial charge >= 0.3 is 0 Å². The van der Waals surface area contributed by atoms with E-state index in [9.17, 15) is 9.36 Å². The first-order chi connectivity index (χ1) is 4.84. The lowest BCUT2D eigenvalue weighted by atomic mass is 10.6. The average molecular weight is 182 g/mol. The number of rotatable bonds is 3. The molecular formula is C3H7N2O3PS. The van der Waals surface area contributed by atoms with E-state index in [-0.39, 0.29) is 12.6 Å². The molecule has 0 radical (unpaired) electrons. The predicted molar refractivity (Wildman–Crippen MR) is 38.8 cm³/mol. The molecule has 7 heteroatoms. The van der Waals surface area contributed by atoms with Gasteiger partial charge in [0.2, 0.25) is 5.91 Å². The van der Waals surface area contributed by atoms with Gasteiger partial charge in [-0.2, -0.15) is 0 Å². The fourth-order valence-corrected chi connectivity index (χ4v) is 1.45. The highest BCUT2D eigenvalue weighted by Crippen LogP contribution is 2.13. The minimum atomic E-state index is -1.22. The standard InChI is InChI=1S/C3H7N2O3PS/c6-3-1-4-10-5(3)2-8-9-7/h4H,1-2,9H2. The van der Waals surface area contributed by atoms with Gasteiger partial charge in [0.25, 0.3) is 0 Å². The largest absolute Gasteiger partial charge is 0.310 e. The quantitative estimate of drug-likeness (QED) is 0.476. The third-order valence-corrected chi connectivity index (χ3v) is 2.02. The van der Waals surface area contributed by atoms with Gasteiger partial charge in [-0.25, -0.2) is 9.03 Å². The van der Waals surface area contributed by atoms with Crippen molar-refractivity contribution in [3.05, 3.63) is 0 Å². The van der Waals surface area contributed by atoms with E-state index in [1.807, 2.05) is 0 Å². The van der Waals surface area contributed by atoms with Crippen molar-refractivity contribution < 1.29 is 13.9 Å². The summed E-state index contributed by atoms with van der Waals surface area (Å²) in [6.45, 7) is 0.428. The van der Waals surface area contributed by atoms with Crippen molar-refractivity contribution in [3.8, 4) is 0 Å². The number of nitrogens with zero attached hydrogens (tertiary/aromatic N) is 1. The highest BCUT2D eigenvalue weighted by molar-refractivity contribution is 7.96. The number of carbonyl (C=O) groups excluding carboxylic acids is 1. The van der Waals surface area contributed by atoms with Crippen LogP contribution in [0.1, 0.15) is 0 Å². The first kappa shape index (κ1) is 8.07. The van der Waals surface area contributed by atoms with Gasteiger partial charge in [-0.3, -0.25) is 9.36 Å². The monoisotopic (exact) mass is 182 g/mol. The Hall–Kier alpha value is -0.0300. The van der Waals surface area contributed by atoms with Crippen LogP contribution in [-0.4, -0.2) is 23.5 Å². The highest BCUT2D eigenvalue weighted by atomic mass is 32.2. The summed E-state index contributed by atoms with van der Waals surface area (Å²) in [5.41, 5.74) is 0. The maximum atomic E-state index is 10.7. The highest BCUT2D eigenvalue weighted by Gasteiger charge is 2.20. The summed E-state index contributed by atoms with van der Waals surface area (Å²) in [6.07, 6.45) is 0. The van der Waals surface area contributed by atoms with Crippen molar-refractivity contribution in [1.29, 1.82) is 0 Å². The van der Waals surface area contributed by atoms with Crippen LogP contribution in [0, 0.1) is 0 Å². The van der Waals surface area contributed by atoms with Crippen molar-refractivity contribution in [2.24, 2.45) is 0 Å². The van der Waals surface area contributed by atoms with Crippen LogP contribution in [0.2, 0.25) is 0 Å². The third kappa shape index (κ3) is 1.98. The second kappa shape index (κ2) is 3.98. The minimum absolute atomic E-state index is 0.0437. The second-order valence-corrected chi connectivity index (χ2v) is 3.01. The van der Waals surface area contributed by atoms with Crippen LogP contribution in [0.15, 0.2) is 0 Å². The Bertz CT molecular complexity index is 155. The van der Waals surface area contributed by atoms with Crippen molar-refractivity contribution >= 4 is 26.7 Å². The molecule has 0 aromatic carbocycles. The number of carbonyl (C=O) groups is 1. The first-order valence-corrected chi connectivity index (χ1v) is 4.31. The van der Waals surface area contributed by atoms with E-state index in [1.165, 1.54) is 16.4 Å². The van der Waals surface area contributed by atoms with Gasteiger partial charge in [0.05, 0.1) is 6.54 Å². The molecule has 1 fully saturated rings. The normalized spacial score (nSPS) is 19.6. The van der Waals surface area contributed by atoms with Crippen LogP contribution in [0.5, 0.6) is 0 Å². The van der Waals surface area contributed by atoms with Gasteiger partial charge in [0.1, 0.15) is 6.73 Å². The first-order valence-electron chi connectivity index (χ1n) is 2.60. The van der Waals surface area contributed by atoms with E-state index in [0.29, 0.717) is 6.54 Å². The number of nitrogens with one attached hydrogen (secondary N) is 1. The van der Waals surface area contributed by atoms with Gasteiger partial charge in [-0.1, -0.05) is 0 Å². The Kier molecular flexibility index (Phi) is 3.21. The summed E-state index contributed by atoms with van der Waals surface area (Å²) < 4.78 is 18.6. The molecule has 0 spiro atoms. The molecule has 1 heterocycles. The topological polar surface area (TPSA) is 58.6 Å². The Morgan fingerprint density at radius 1 is 1.90 bits per heavy atom. The lowest BCUT2D eigenvalue weighted by molar-refractivity contribution is -0.125. The Balaban J connectivity index is 2.26. The molecular weight excluding hydrogens is 175 g/mol. The SMILES string of the molecule is O=[PH2]OCN1SNCC1=O. The molecule has 58 valence electrons. The Labute approximate surface area is 63.6 Å². The summed E-state index contributed by atoms with van der Waals surface area (Å²) in [5.74, 6) is -0.0437. The van der Waals surface area contributed by atoms with Gasteiger partial charge in [0.15, 0.2) is 8.69 Å². The van der Waals surface area contributed by atoms with Gasteiger partial charge < -0.3 is 4.52 Å². The van der Waals surface area contributed by atoms with Crippen LogP contribution in [0.4, 0.5) is 0 Å². The van der Waals surface area contributed by atoms with E-state index < -0.39 is 8.69 Å². The number of amides is 1. The van der Waals surface area contributed by atoms with E-state index >= 15 is 0 Å². The zero-order valence-electron chi connectivity index (χ0n) is 5.07. The maximum absolute atomic E-state index is 10.7. The summed E-state index contributed by atoms with van der Waals surface area (Å²) in [7, 11) is -1.22. The molecule has 1 rings (SSSR count). The number of hydrogen-bond donors (Lipinski definition) is 1. The molecule has 1 amide bonds. The summed E-state index contributed by atoms with van der Waals surface area (Å²) in [4.78, 5) is 10.7. The second-order valence-electron chi connectivity index (χ2n) is 1.58. The molecule has 1 atom stereocenters. The molecule has 5 nitrogen and oxygen atoms in total. The van der Waals surface area contributed by atoms with Crippen LogP contribution in [0.25, 0.3) is 0 Å². The molecule has 1 saturated heterocycles. The molecule has 1 aliphatic heterocycles. The minimum Gasteiger partial charge on any atom is -0.310 e. The molecule has 1 N–H and O–H groups in total. The molecule has 1 aliphatic rings. The average Bonchev–Trinajstić information content (AvgIpc) is 2.31. The van der Waals surface area contributed by atoms with E-state index in [1.54, 1.807) is 0 Å². The molecule has 0 bridgehead atoms. The van der Waals surface area contributed by atoms with Gasteiger partial charge in [-0.15, -0.1) is 0 Å². The van der Waals surface area contributed by atoms with E-state index in [0.717, 1.165) is 0 Å². The molecule has 0 aromatic heterocycles. The molecule has 0 saturated carbocycles. The third-order valence-electron chi connectivity index (χ3n) is 0.936. The molecule has 10 heavy (non-hydrogen) atoms. The van der Waals surface area contributed by atoms with Crippen molar-refractivity contribution in [2.45, 2.75) is 0 Å². The summed E-state index contributed by atoms with van der Waals surface area (Å²) in [6, 6.07) is 0. The zero-order chi connectivity index (χ0) is 7.40. The van der Waals surface area contributed by atoms with Gasteiger partial charge in [-0.05, 0) is 0 Å². The fraction of sp³-hybridized carbons (Fsp3) is 0.667. The smallest absolute Gasteiger partial charge is 0.250 e. The lowest BCUT2D eigenvalue weighted by Gasteiger charge is -2.08. The summed E-state index contributed by atoms with van der Waals surface area (Å²) in [5, 5.41) is 0. The molecule has 0 aromatic rings. The van der Waals surface area contributed by atoms with Crippen molar-refractivity contribution in [1.82, 2.24) is 9.03 Å². The van der Waals surface area contributed by atoms with Crippen LogP contribution >= 0.6 is 20.8 Å². The van der Waals surface area contributed by atoms with Crippen molar-refractivity contribution in [3.63, 3.8) is 0 Å². The van der Waals surface area contributed by atoms with Crippen molar-refractivity contribution in [2.75, 3.05) is 13.3 Å². The Morgan fingerprint density at radius 2 is 2.70 bits per heavy atom. The van der Waals surface area contributed by atoms with Crippen LogP contribution < -0.4 is 4.72 Å². The van der Waals surface area contributed by atoms with E-state index in [2.05, 4.69) is 9.25 Å². The zero-order valence-corrected chi connectivity index (χ0v) is 7.04. The van der Waals surface area contributed by atoms with E-state index in [4.69, 9.17) is 0 Å². The predicted octanol–water partition coefficient (Wildman–Crippen LogP) is -0.373.